The Bertz CT molecular complexity index is 360. The van der Waals surface area contributed by atoms with E-state index in [0.717, 1.165) is 10.9 Å². The second-order valence-electron chi connectivity index (χ2n) is 2.46. The van der Waals surface area contributed by atoms with Crippen LogP contribution in [0.1, 0.15) is 5.69 Å². The Morgan fingerprint density at radius 2 is 2.21 bits per heavy atom. The van der Waals surface area contributed by atoms with Crippen LogP contribution in [-0.2, 0) is 13.2 Å². The van der Waals surface area contributed by atoms with E-state index in [1.807, 2.05) is 5.32 Å². The topological polar surface area (TPSA) is 46.9 Å². The van der Waals surface area contributed by atoms with Crippen LogP contribution in [0.4, 0.5) is 23.7 Å². The second-order valence-corrected chi connectivity index (χ2v) is 3.44. The Labute approximate surface area is 90.6 Å². The van der Waals surface area contributed by atoms with E-state index in [9.17, 15) is 18.0 Å². The number of nitrogens with one attached hydrogen (secondary N) is 1. The molecule has 1 N–H and O–H groups in total. The number of nitrogens with zero attached hydrogens (tertiary/aromatic N) is 2. The van der Waals surface area contributed by atoms with E-state index in [-0.39, 0.29) is 5.69 Å². The Hall–Kier alpha value is -0.800. The molecule has 0 aliphatic rings. The summed E-state index contributed by atoms with van der Waals surface area (Å²) in [6, 6.07) is 0. The molecule has 0 spiro atoms. The summed E-state index contributed by atoms with van der Waals surface area (Å²) in [6.45, 7) is 0. The lowest BCUT2D eigenvalue weighted by Gasteiger charge is -2.04. The van der Waals surface area contributed by atoms with Gasteiger partial charge in [0.05, 0.1) is 5.69 Å². The van der Waals surface area contributed by atoms with Gasteiger partial charge in [0.2, 0.25) is 0 Å². The summed E-state index contributed by atoms with van der Waals surface area (Å²) in [5.41, 5.74) is -1.43. The van der Waals surface area contributed by atoms with Crippen LogP contribution in [0.25, 0.3) is 0 Å². The quantitative estimate of drug-likeness (QED) is 0.491. The summed E-state index contributed by atoms with van der Waals surface area (Å²) in [6.07, 6.45) is -3.46. The van der Waals surface area contributed by atoms with Crippen molar-refractivity contribution in [3.05, 3.63) is 11.9 Å². The first kappa shape index (κ1) is 11.3. The number of amides is 1. The summed E-state index contributed by atoms with van der Waals surface area (Å²) in [5.74, 6) is 0. The third-order valence-electron chi connectivity index (χ3n) is 1.33. The van der Waals surface area contributed by atoms with Crippen molar-refractivity contribution in [3.63, 3.8) is 0 Å². The Kier molecular flexibility index (Phi) is 3.02. The van der Waals surface area contributed by atoms with E-state index < -0.39 is 15.8 Å². The van der Waals surface area contributed by atoms with E-state index >= 15 is 0 Å². The summed E-state index contributed by atoms with van der Waals surface area (Å²) < 4.78 is 37.2. The lowest BCUT2D eigenvalue weighted by molar-refractivity contribution is -0.140. The van der Waals surface area contributed by atoms with Gasteiger partial charge in [-0.25, -0.2) is 0 Å². The third-order valence-corrected chi connectivity index (χ3v) is 1.60. The number of halogens is 4. The smallest absolute Gasteiger partial charge is 0.314 e. The van der Waals surface area contributed by atoms with Crippen molar-refractivity contribution in [2.75, 3.05) is 5.32 Å². The fourth-order valence-corrected chi connectivity index (χ4v) is 1.19. The molecule has 0 fully saturated rings. The lowest BCUT2D eigenvalue weighted by Crippen LogP contribution is -2.11. The van der Waals surface area contributed by atoms with Crippen LogP contribution in [0.5, 0.6) is 0 Å². The zero-order chi connectivity index (χ0) is 10.9. The number of aromatic nitrogens is 2. The average Bonchev–Trinajstić information content (AvgIpc) is 2.28. The van der Waals surface area contributed by atoms with Crippen molar-refractivity contribution in [2.24, 2.45) is 7.05 Å². The maximum absolute atomic E-state index is 12.3. The molecule has 0 aromatic carbocycles. The summed E-state index contributed by atoms with van der Waals surface area (Å²) in [7, 11) is 1.35. The molecule has 0 saturated heterocycles. The number of rotatable bonds is 1. The van der Waals surface area contributed by atoms with Crippen LogP contribution < -0.4 is 5.32 Å². The molecular formula is C6H5F3IN3O. The molecule has 1 rings (SSSR count). The number of carbonyl (C=O) groups excluding carboxylic acids is 1. The number of hydrogen-bond acceptors (Lipinski definition) is 2. The highest BCUT2D eigenvalue weighted by molar-refractivity contribution is 14.1. The molecule has 0 unspecified atom stereocenters. The second kappa shape index (κ2) is 3.75. The minimum atomic E-state index is -4.56. The number of alkyl halides is 3. The Morgan fingerprint density at radius 1 is 1.64 bits per heavy atom. The van der Waals surface area contributed by atoms with Gasteiger partial charge in [0.1, 0.15) is 0 Å². The molecule has 14 heavy (non-hydrogen) atoms. The molecule has 0 aliphatic heterocycles. The maximum atomic E-state index is 12.3. The first-order chi connectivity index (χ1) is 6.30. The summed E-state index contributed by atoms with van der Waals surface area (Å²) in [4.78, 5) is 10.6. The summed E-state index contributed by atoms with van der Waals surface area (Å²) >= 11 is 1.35. The number of anilines is 1. The minimum Gasteiger partial charge on any atom is -0.314 e. The third kappa shape index (κ3) is 2.59. The molecule has 0 aliphatic carbocycles. The van der Waals surface area contributed by atoms with Crippen LogP contribution in [-0.4, -0.2) is 13.7 Å². The van der Waals surface area contributed by atoms with E-state index in [1.165, 1.54) is 29.6 Å². The van der Waals surface area contributed by atoms with Crippen molar-refractivity contribution in [1.82, 2.24) is 9.78 Å². The zero-order valence-corrected chi connectivity index (χ0v) is 9.05. The molecular weight excluding hydrogens is 314 g/mol. The van der Waals surface area contributed by atoms with Crippen molar-refractivity contribution in [3.8, 4) is 0 Å². The monoisotopic (exact) mass is 319 g/mol. The van der Waals surface area contributed by atoms with Gasteiger partial charge in [0.25, 0.3) is 3.91 Å². The van der Waals surface area contributed by atoms with Gasteiger partial charge >= 0.3 is 6.18 Å². The highest BCUT2D eigenvalue weighted by atomic mass is 127. The standard InChI is InChI=1S/C6H5F3IN3O/c1-13-2-3(11-5(10)14)4(12-13)6(7,8)9/h2H,1H3,(H,11,14). The zero-order valence-electron chi connectivity index (χ0n) is 6.89. The average molecular weight is 319 g/mol. The van der Waals surface area contributed by atoms with Gasteiger partial charge < -0.3 is 5.32 Å². The maximum Gasteiger partial charge on any atom is 0.437 e. The first-order valence-corrected chi connectivity index (χ1v) is 4.46. The van der Waals surface area contributed by atoms with Crippen LogP contribution >= 0.6 is 22.6 Å². The SMILES string of the molecule is Cn1cc(NC(=O)I)c(C(F)(F)F)n1. The Balaban J connectivity index is 3.09. The van der Waals surface area contributed by atoms with E-state index in [0.29, 0.717) is 0 Å². The molecule has 1 aromatic rings. The van der Waals surface area contributed by atoms with Gasteiger partial charge in [-0.3, -0.25) is 9.48 Å². The molecule has 1 heterocycles. The normalized spacial score (nSPS) is 11.5. The summed E-state index contributed by atoms with van der Waals surface area (Å²) in [5, 5.41) is 5.25. The molecule has 0 saturated carbocycles. The van der Waals surface area contributed by atoms with Gasteiger partial charge in [-0.05, 0) is 0 Å². The largest absolute Gasteiger partial charge is 0.437 e. The molecule has 1 amide bonds. The fourth-order valence-electron chi connectivity index (χ4n) is 0.895. The van der Waals surface area contributed by atoms with Crippen LogP contribution in [0, 0.1) is 0 Å². The Morgan fingerprint density at radius 3 is 2.64 bits per heavy atom. The van der Waals surface area contributed by atoms with Crippen LogP contribution in [0.2, 0.25) is 0 Å². The molecule has 1 aromatic heterocycles. The van der Waals surface area contributed by atoms with Crippen molar-refractivity contribution >= 4 is 32.2 Å². The molecule has 0 bridgehead atoms. The molecule has 4 nitrogen and oxygen atoms in total. The predicted molar refractivity (Wildman–Crippen MR) is 51.2 cm³/mol. The van der Waals surface area contributed by atoms with Crippen LogP contribution in [0.3, 0.4) is 0 Å². The van der Waals surface area contributed by atoms with Crippen molar-refractivity contribution in [2.45, 2.75) is 6.18 Å². The molecule has 8 heteroatoms. The van der Waals surface area contributed by atoms with Gasteiger partial charge in [-0.15, -0.1) is 0 Å². The predicted octanol–water partition coefficient (Wildman–Crippen LogP) is 2.41. The first-order valence-electron chi connectivity index (χ1n) is 3.38. The highest BCUT2D eigenvalue weighted by Gasteiger charge is 2.37. The van der Waals surface area contributed by atoms with E-state index in [1.54, 1.807) is 0 Å². The van der Waals surface area contributed by atoms with Gasteiger partial charge in [-0.2, -0.15) is 18.3 Å². The highest BCUT2D eigenvalue weighted by Crippen LogP contribution is 2.33. The fraction of sp³-hybridized carbons (Fsp3) is 0.333. The molecule has 0 atom stereocenters. The van der Waals surface area contributed by atoms with Crippen molar-refractivity contribution in [1.29, 1.82) is 0 Å². The molecule has 78 valence electrons. The van der Waals surface area contributed by atoms with Gasteiger partial charge in [0, 0.05) is 35.8 Å². The van der Waals surface area contributed by atoms with Gasteiger partial charge in [-0.1, -0.05) is 0 Å². The van der Waals surface area contributed by atoms with E-state index in [2.05, 4.69) is 5.10 Å². The van der Waals surface area contributed by atoms with Crippen LogP contribution in [0.15, 0.2) is 6.20 Å². The van der Waals surface area contributed by atoms with Gasteiger partial charge in [0.15, 0.2) is 5.69 Å². The minimum absolute atomic E-state index is 0.334. The lowest BCUT2D eigenvalue weighted by atomic mass is 10.3. The number of hydrogen-bond donors (Lipinski definition) is 1. The molecule has 0 radical (unpaired) electrons. The number of aryl methyl sites for hydroxylation is 1. The number of carbonyl (C=O) groups is 1. The van der Waals surface area contributed by atoms with E-state index in [4.69, 9.17) is 0 Å². The van der Waals surface area contributed by atoms with Crippen molar-refractivity contribution < 1.29 is 18.0 Å².